The maximum atomic E-state index is 13.3. The van der Waals surface area contributed by atoms with Gasteiger partial charge in [-0.05, 0) is 79.0 Å². The molecule has 0 saturated heterocycles. The summed E-state index contributed by atoms with van der Waals surface area (Å²) in [5.41, 5.74) is 11.3. The van der Waals surface area contributed by atoms with Crippen LogP contribution in [0.5, 0.6) is 0 Å². The van der Waals surface area contributed by atoms with Gasteiger partial charge in [0.2, 0.25) is 0 Å². The average Bonchev–Trinajstić information content (AvgIpc) is 2.94. The molecule has 0 bridgehead atoms. The first-order valence-corrected chi connectivity index (χ1v) is 7.80. The Kier molecular flexibility index (Phi) is 4.35. The molecule has 21 heavy (non-hydrogen) atoms. The lowest BCUT2D eigenvalue weighted by molar-refractivity contribution is 0.530. The number of halogens is 1. The number of hydrogen-bond acceptors (Lipinski definition) is 1. The molecular formula is C19H22FN. The molecule has 2 N–H and O–H groups in total. The molecule has 0 saturated carbocycles. The largest absolute Gasteiger partial charge is 0.330 e. The summed E-state index contributed by atoms with van der Waals surface area (Å²) in [6.07, 6.45) is 5.52. The van der Waals surface area contributed by atoms with E-state index in [0.29, 0.717) is 12.5 Å². The fourth-order valence-electron chi connectivity index (χ4n) is 3.32. The molecular weight excluding hydrogens is 261 g/mol. The van der Waals surface area contributed by atoms with Crippen LogP contribution in [0.2, 0.25) is 0 Å². The molecule has 0 spiro atoms. The predicted octanol–water partition coefficient (Wildman–Crippen LogP) is 3.67. The summed E-state index contributed by atoms with van der Waals surface area (Å²) >= 11 is 0. The van der Waals surface area contributed by atoms with Crippen molar-refractivity contribution in [2.24, 2.45) is 11.7 Å². The Morgan fingerprint density at radius 3 is 2.48 bits per heavy atom. The Morgan fingerprint density at radius 1 is 0.952 bits per heavy atom. The topological polar surface area (TPSA) is 26.0 Å². The highest BCUT2D eigenvalue weighted by molar-refractivity contribution is 5.35. The lowest BCUT2D eigenvalue weighted by atomic mass is 9.91. The van der Waals surface area contributed by atoms with Crippen molar-refractivity contribution in [3.8, 4) is 0 Å². The number of fused-ring (bicyclic) bond motifs is 1. The molecule has 1 nitrogen and oxygen atoms in total. The third-order valence-corrected chi connectivity index (χ3v) is 4.43. The SMILES string of the molecule is NCC(Cc1cccc(F)c1)Cc1ccc2c(c1)CCC2. The standard InChI is InChI=1S/C19H22FN/c20-19-6-1-3-14(12-19)9-16(13-21)10-15-7-8-17-4-2-5-18(17)11-15/h1,3,6-8,11-12,16H,2,4-5,9-10,13,21H2. The maximum absolute atomic E-state index is 13.3. The summed E-state index contributed by atoms with van der Waals surface area (Å²) in [5, 5.41) is 0. The van der Waals surface area contributed by atoms with E-state index in [1.807, 2.05) is 6.07 Å². The van der Waals surface area contributed by atoms with Crippen LogP contribution in [0, 0.1) is 11.7 Å². The van der Waals surface area contributed by atoms with Crippen molar-refractivity contribution in [3.05, 3.63) is 70.5 Å². The van der Waals surface area contributed by atoms with Gasteiger partial charge >= 0.3 is 0 Å². The molecule has 1 aliphatic rings. The molecule has 0 radical (unpaired) electrons. The molecule has 0 amide bonds. The van der Waals surface area contributed by atoms with Crippen molar-refractivity contribution in [2.45, 2.75) is 32.1 Å². The minimum atomic E-state index is -0.166. The lowest BCUT2D eigenvalue weighted by Gasteiger charge is -2.16. The fraction of sp³-hybridized carbons (Fsp3) is 0.368. The number of hydrogen-bond donors (Lipinski definition) is 1. The minimum Gasteiger partial charge on any atom is -0.330 e. The maximum Gasteiger partial charge on any atom is 0.123 e. The summed E-state index contributed by atoms with van der Waals surface area (Å²) in [7, 11) is 0. The van der Waals surface area contributed by atoms with E-state index in [4.69, 9.17) is 5.73 Å². The molecule has 2 aromatic carbocycles. The Balaban J connectivity index is 1.69. The molecule has 0 aliphatic heterocycles. The van der Waals surface area contributed by atoms with Crippen LogP contribution in [0.25, 0.3) is 0 Å². The molecule has 1 unspecified atom stereocenters. The quantitative estimate of drug-likeness (QED) is 0.890. The summed E-state index contributed by atoms with van der Waals surface area (Å²) in [6, 6.07) is 13.7. The van der Waals surface area contributed by atoms with Gasteiger partial charge in [0.1, 0.15) is 5.82 Å². The summed E-state index contributed by atoms with van der Waals surface area (Å²) < 4.78 is 13.3. The van der Waals surface area contributed by atoms with E-state index in [0.717, 1.165) is 18.4 Å². The Labute approximate surface area is 126 Å². The molecule has 0 fully saturated rings. The van der Waals surface area contributed by atoms with Crippen LogP contribution in [0.15, 0.2) is 42.5 Å². The summed E-state index contributed by atoms with van der Waals surface area (Å²) in [5.74, 6) is 0.201. The molecule has 1 aliphatic carbocycles. The summed E-state index contributed by atoms with van der Waals surface area (Å²) in [6.45, 7) is 0.633. The van der Waals surface area contributed by atoms with Gasteiger partial charge in [-0.2, -0.15) is 0 Å². The fourth-order valence-corrected chi connectivity index (χ4v) is 3.32. The van der Waals surface area contributed by atoms with Gasteiger partial charge in [-0.25, -0.2) is 4.39 Å². The zero-order chi connectivity index (χ0) is 14.7. The number of rotatable bonds is 5. The smallest absolute Gasteiger partial charge is 0.123 e. The highest BCUT2D eigenvalue weighted by Gasteiger charge is 2.14. The van der Waals surface area contributed by atoms with Gasteiger partial charge in [-0.3, -0.25) is 0 Å². The Morgan fingerprint density at radius 2 is 1.71 bits per heavy atom. The van der Waals surface area contributed by atoms with Crippen LogP contribution in [0.1, 0.15) is 28.7 Å². The lowest BCUT2D eigenvalue weighted by Crippen LogP contribution is -2.19. The Hall–Kier alpha value is -1.67. The zero-order valence-electron chi connectivity index (χ0n) is 12.3. The number of benzene rings is 2. The van der Waals surface area contributed by atoms with E-state index < -0.39 is 0 Å². The van der Waals surface area contributed by atoms with E-state index >= 15 is 0 Å². The van der Waals surface area contributed by atoms with Crippen LogP contribution in [-0.2, 0) is 25.7 Å². The van der Waals surface area contributed by atoms with Crippen molar-refractivity contribution in [1.82, 2.24) is 0 Å². The molecule has 2 heteroatoms. The molecule has 2 aromatic rings. The van der Waals surface area contributed by atoms with Crippen molar-refractivity contribution >= 4 is 0 Å². The second-order valence-corrected chi connectivity index (χ2v) is 6.10. The Bertz CT molecular complexity index is 621. The monoisotopic (exact) mass is 283 g/mol. The van der Waals surface area contributed by atoms with E-state index in [9.17, 15) is 4.39 Å². The highest BCUT2D eigenvalue weighted by atomic mass is 19.1. The normalized spacial score (nSPS) is 15.0. The van der Waals surface area contributed by atoms with Crippen LogP contribution in [0.4, 0.5) is 4.39 Å². The van der Waals surface area contributed by atoms with E-state index in [1.165, 1.54) is 42.0 Å². The van der Waals surface area contributed by atoms with Gasteiger partial charge in [-0.1, -0.05) is 30.3 Å². The third kappa shape index (κ3) is 3.51. The molecule has 0 aromatic heterocycles. The van der Waals surface area contributed by atoms with Crippen LogP contribution in [-0.4, -0.2) is 6.54 Å². The van der Waals surface area contributed by atoms with E-state index in [2.05, 4.69) is 18.2 Å². The van der Waals surface area contributed by atoms with Crippen LogP contribution in [0.3, 0.4) is 0 Å². The van der Waals surface area contributed by atoms with Crippen molar-refractivity contribution < 1.29 is 4.39 Å². The molecule has 3 rings (SSSR count). The van der Waals surface area contributed by atoms with Gasteiger partial charge < -0.3 is 5.73 Å². The average molecular weight is 283 g/mol. The zero-order valence-corrected chi connectivity index (χ0v) is 12.3. The number of aryl methyl sites for hydroxylation is 2. The van der Waals surface area contributed by atoms with Gasteiger partial charge in [0.15, 0.2) is 0 Å². The van der Waals surface area contributed by atoms with Crippen molar-refractivity contribution in [2.75, 3.05) is 6.54 Å². The van der Waals surface area contributed by atoms with Crippen LogP contribution >= 0.6 is 0 Å². The minimum absolute atomic E-state index is 0.166. The van der Waals surface area contributed by atoms with Crippen LogP contribution < -0.4 is 5.73 Å². The van der Waals surface area contributed by atoms with Gasteiger partial charge in [-0.15, -0.1) is 0 Å². The molecule has 1 atom stereocenters. The molecule has 110 valence electrons. The van der Waals surface area contributed by atoms with Crippen molar-refractivity contribution in [1.29, 1.82) is 0 Å². The summed E-state index contributed by atoms with van der Waals surface area (Å²) in [4.78, 5) is 0. The first kappa shape index (κ1) is 14.3. The second kappa shape index (κ2) is 6.40. The van der Waals surface area contributed by atoms with Crippen molar-refractivity contribution in [3.63, 3.8) is 0 Å². The predicted molar refractivity (Wildman–Crippen MR) is 84.8 cm³/mol. The first-order valence-electron chi connectivity index (χ1n) is 7.80. The van der Waals surface area contributed by atoms with Gasteiger partial charge in [0.05, 0.1) is 0 Å². The van der Waals surface area contributed by atoms with E-state index in [1.54, 1.807) is 12.1 Å². The highest BCUT2D eigenvalue weighted by Crippen LogP contribution is 2.24. The van der Waals surface area contributed by atoms with Gasteiger partial charge in [0, 0.05) is 0 Å². The molecule has 0 heterocycles. The first-order chi connectivity index (χ1) is 10.2. The second-order valence-electron chi connectivity index (χ2n) is 6.10. The number of nitrogens with two attached hydrogens (primary N) is 1. The third-order valence-electron chi connectivity index (χ3n) is 4.43. The van der Waals surface area contributed by atoms with E-state index in [-0.39, 0.29) is 5.82 Å². The van der Waals surface area contributed by atoms with Gasteiger partial charge in [0.25, 0.3) is 0 Å².